The summed E-state index contributed by atoms with van der Waals surface area (Å²) < 4.78 is 11.4. The SMILES string of the molecule is CCC(=O)N(CC(=O)N(Cc1ccccc1)Cc1coc2ccc(C)cc2c1=O)CC1CCCO1. The molecule has 184 valence electrons. The van der Waals surface area contributed by atoms with E-state index in [1.807, 2.05) is 43.3 Å². The summed E-state index contributed by atoms with van der Waals surface area (Å²) in [4.78, 5) is 42.6. The Kier molecular flexibility index (Phi) is 7.98. The third kappa shape index (κ3) is 6.17. The van der Waals surface area contributed by atoms with Crippen LogP contribution in [0.4, 0.5) is 0 Å². The summed E-state index contributed by atoms with van der Waals surface area (Å²) in [5, 5.41) is 0.496. The van der Waals surface area contributed by atoms with Gasteiger partial charge in [0.15, 0.2) is 5.43 Å². The van der Waals surface area contributed by atoms with Gasteiger partial charge in [0.25, 0.3) is 0 Å². The summed E-state index contributed by atoms with van der Waals surface area (Å²) >= 11 is 0. The highest BCUT2D eigenvalue weighted by atomic mass is 16.5. The Bertz CT molecular complexity index is 1230. The van der Waals surface area contributed by atoms with Crippen molar-refractivity contribution in [3.8, 4) is 0 Å². The average Bonchev–Trinajstić information content (AvgIpc) is 3.38. The van der Waals surface area contributed by atoms with E-state index in [9.17, 15) is 14.4 Å². The molecule has 2 amide bonds. The molecule has 0 N–H and O–H groups in total. The van der Waals surface area contributed by atoms with Crippen molar-refractivity contribution in [2.45, 2.75) is 52.3 Å². The zero-order valence-corrected chi connectivity index (χ0v) is 20.4. The van der Waals surface area contributed by atoms with Gasteiger partial charge in [0.05, 0.1) is 36.4 Å². The smallest absolute Gasteiger partial charge is 0.242 e. The number of rotatable bonds is 9. The van der Waals surface area contributed by atoms with Gasteiger partial charge in [-0.1, -0.05) is 48.9 Å². The molecule has 3 aromatic rings. The van der Waals surface area contributed by atoms with Gasteiger partial charge in [0, 0.05) is 26.1 Å². The third-order valence-corrected chi connectivity index (χ3v) is 6.36. The maximum Gasteiger partial charge on any atom is 0.242 e. The minimum absolute atomic E-state index is 0.0448. The topological polar surface area (TPSA) is 80.1 Å². The van der Waals surface area contributed by atoms with Gasteiger partial charge >= 0.3 is 0 Å². The highest BCUT2D eigenvalue weighted by Crippen LogP contribution is 2.17. The molecule has 7 heteroatoms. The Morgan fingerprint density at radius 2 is 1.83 bits per heavy atom. The Labute approximate surface area is 205 Å². The van der Waals surface area contributed by atoms with Crippen LogP contribution < -0.4 is 5.43 Å². The van der Waals surface area contributed by atoms with Gasteiger partial charge in [-0.2, -0.15) is 0 Å². The summed E-state index contributed by atoms with van der Waals surface area (Å²) in [5.74, 6) is -0.313. The molecule has 0 aliphatic carbocycles. The van der Waals surface area contributed by atoms with Crippen molar-refractivity contribution in [2.75, 3.05) is 19.7 Å². The fraction of sp³-hybridized carbons (Fsp3) is 0.393. The van der Waals surface area contributed by atoms with Crippen LogP contribution in [0.1, 0.15) is 42.9 Å². The molecule has 0 radical (unpaired) electrons. The lowest BCUT2D eigenvalue weighted by Gasteiger charge is -2.29. The first-order valence-corrected chi connectivity index (χ1v) is 12.2. The van der Waals surface area contributed by atoms with Crippen LogP contribution in [-0.2, 0) is 27.4 Å². The van der Waals surface area contributed by atoms with Crippen molar-refractivity contribution < 1.29 is 18.7 Å². The number of aryl methyl sites for hydroxylation is 1. The fourth-order valence-corrected chi connectivity index (χ4v) is 4.41. The number of fused-ring (bicyclic) bond motifs is 1. The van der Waals surface area contributed by atoms with E-state index in [0.717, 1.165) is 24.0 Å². The molecule has 2 aromatic carbocycles. The van der Waals surface area contributed by atoms with E-state index in [1.165, 1.54) is 6.26 Å². The van der Waals surface area contributed by atoms with E-state index in [4.69, 9.17) is 9.15 Å². The molecule has 4 rings (SSSR count). The Hall–Kier alpha value is -3.45. The first-order chi connectivity index (χ1) is 16.9. The monoisotopic (exact) mass is 476 g/mol. The molecule has 2 heterocycles. The van der Waals surface area contributed by atoms with Crippen molar-refractivity contribution in [3.63, 3.8) is 0 Å². The standard InChI is InChI=1S/C28H32N2O5/c1-3-26(31)30(17-23-10-7-13-34-23)18-27(32)29(15-21-8-5-4-6-9-21)16-22-19-35-25-12-11-20(2)14-24(25)28(22)33/h4-6,8-9,11-12,14,19,23H,3,7,10,13,15-18H2,1-2H3. The number of hydrogen-bond donors (Lipinski definition) is 0. The summed E-state index contributed by atoms with van der Waals surface area (Å²) in [6, 6.07) is 15.1. The van der Waals surface area contributed by atoms with E-state index in [0.29, 0.717) is 42.6 Å². The summed E-state index contributed by atoms with van der Waals surface area (Å²) in [7, 11) is 0. The number of carbonyl (C=O) groups is 2. The number of ether oxygens (including phenoxy) is 1. The summed E-state index contributed by atoms with van der Waals surface area (Å²) in [5.41, 5.74) is 2.67. The molecular weight excluding hydrogens is 444 g/mol. The van der Waals surface area contributed by atoms with Gasteiger partial charge in [0.2, 0.25) is 11.8 Å². The molecule has 35 heavy (non-hydrogen) atoms. The Balaban J connectivity index is 1.60. The predicted molar refractivity (Wildman–Crippen MR) is 134 cm³/mol. The second-order valence-electron chi connectivity index (χ2n) is 9.09. The van der Waals surface area contributed by atoms with Crippen molar-refractivity contribution in [3.05, 3.63) is 81.7 Å². The molecule has 1 aliphatic heterocycles. The molecule has 1 saturated heterocycles. The second-order valence-corrected chi connectivity index (χ2v) is 9.09. The fourth-order valence-electron chi connectivity index (χ4n) is 4.41. The Morgan fingerprint density at radius 3 is 2.54 bits per heavy atom. The van der Waals surface area contributed by atoms with Crippen LogP contribution >= 0.6 is 0 Å². The van der Waals surface area contributed by atoms with Crippen molar-refractivity contribution in [1.82, 2.24) is 9.80 Å². The number of amides is 2. The molecule has 0 saturated carbocycles. The first-order valence-electron chi connectivity index (χ1n) is 12.2. The summed E-state index contributed by atoms with van der Waals surface area (Å²) in [6.07, 6.45) is 3.55. The molecular formula is C28H32N2O5. The van der Waals surface area contributed by atoms with Crippen LogP contribution in [0.25, 0.3) is 11.0 Å². The molecule has 1 aliphatic rings. The second kappa shape index (κ2) is 11.3. The third-order valence-electron chi connectivity index (χ3n) is 6.36. The molecule has 1 aromatic heterocycles. The number of benzene rings is 2. The molecule has 7 nitrogen and oxygen atoms in total. The van der Waals surface area contributed by atoms with Gasteiger partial charge < -0.3 is 19.0 Å². The van der Waals surface area contributed by atoms with Crippen LogP contribution in [-0.4, -0.2) is 47.4 Å². The van der Waals surface area contributed by atoms with Crippen molar-refractivity contribution in [2.24, 2.45) is 0 Å². The van der Waals surface area contributed by atoms with E-state index in [1.54, 1.807) is 28.9 Å². The molecule has 1 atom stereocenters. The minimum atomic E-state index is -0.225. The van der Waals surface area contributed by atoms with Crippen LogP contribution in [0.2, 0.25) is 0 Å². The predicted octanol–water partition coefficient (Wildman–Crippen LogP) is 4.05. The van der Waals surface area contributed by atoms with Crippen molar-refractivity contribution >= 4 is 22.8 Å². The quantitative estimate of drug-likeness (QED) is 0.466. The maximum atomic E-state index is 13.5. The molecule has 1 fully saturated rings. The number of nitrogens with zero attached hydrogens (tertiary/aromatic N) is 2. The van der Waals surface area contributed by atoms with Crippen LogP contribution in [0.15, 0.2) is 64.0 Å². The van der Waals surface area contributed by atoms with E-state index < -0.39 is 0 Å². The van der Waals surface area contributed by atoms with E-state index in [-0.39, 0.29) is 36.4 Å². The minimum Gasteiger partial charge on any atom is -0.464 e. The van der Waals surface area contributed by atoms with E-state index in [2.05, 4.69) is 0 Å². The van der Waals surface area contributed by atoms with Gasteiger partial charge in [0.1, 0.15) is 5.58 Å². The summed E-state index contributed by atoms with van der Waals surface area (Å²) in [6.45, 7) is 5.15. The van der Waals surface area contributed by atoms with Crippen molar-refractivity contribution in [1.29, 1.82) is 0 Å². The lowest BCUT2D eigenvalue weighted by molar-refractivity contribution is -0.142. The van der Waals surface area contributed by atoms with Crippen LogP contribution in [0.5, 0.6) is 0 Å². The maximum absolute atomic E-state index is 13.5. The van der Waals surface area contributed by atoms with Crippen LogP contribution in [0, 0.1) is 6.92 Å². The lowest BCUT2D eigenvalue weighted by Crippen LogP contribution is -2.45. The zero-order valence-electron chi connectivity index (χ0n) is 20.4. The lowest BCUT2D eigenvalue weighted by atomic mass is 10.1. The van der Waals surface area contributed by atoms with Gasteiger partial charge in [-0.25, -0.2) is 0 Å². The molecule has 0 bridgehead atoms. The largest absolute Gasteiger partial charge is 0.464 e. The van der Waals surface area contributed by atoms with E-state index >= 15 is 0 Å². The highest BCUT2D eigenvalue weighted by molar-refractivity contribution is 5.85. The van der Waals surface area contributed by atoms with Gasteiger partial charge in [-0.15, -0.1) is 0 Å². The average molecular weight is 477 g/mol. The van der Waals surface area contributed by atoms with Crippen LogP contribution in [0.3, 0.4) is 0 Å². The zero-order chi connectivity index (χ0) is 24.8. The number of hydrogen-bond acceptors (Lipinski definition) is 5. The van der Waals surface area contributed by atoms with Gasteiger partial charge in [-0.3, -0.25) is 14.4 Å². The first kappa shape index (κ1) is 24.7. The number of carbonyl (C=O) groups excluding carboxylic acids is 2. The molecule has 1 unspecified atom stereocenters. The van der Waals surface area contributed by atoms with Gasteiger partial charge in [-0.05, 0) is 37.5 Å². The Morgan fingerprint density at radius 1 is 1.03 bits per heavy atom. The normalized spacial score (nSPS) is 15.3. The highest BCUT2D eigenvalue weighted by Gasteiger charge is 2.26. The molecule has 0 spiro atoms.